The third-order valence-corrected chi connectivity index (χ3v) is 5.53. The molecule has 1 fully saturated rings. The van der Waals surface area contributed by atoms with Crippen molar-refractivity contribution in [3.63, 3.8) is 0 Å². The Bertz CT molecular complexity index is 684. The highest BCUT2D eigenvalue weighted by Crippen LogP contribution is 2.45. The summed E-state index contributed by atoms with van der Waals surface area (Å²) in [6.45, 7) is 4.45. The molecule has 24 heavy (non-hydrogen) atoms. The molecule has 0 N–H and O–H groups in total. The Morgan fingerprint density at radius 2 is 2.08 bits per heavy atom. The van der Waals surface area contributed by atoms with Gasteiger partial charge in [-0.15, -0.1) is 0 Å². The number of hydrogen-bond acceptors (Lipinski definition) is 5. The number of nitrogens with zero attached hydrogens (tertiary/aromatic N) is 3. The van der Waals surface area contributed by atoms with Gasteiger partial charge in [-0.2, -0.15) is 5.26 Å². The first-order valence-electron chi connectivity index (χ1n) is 8.08. The Morgan fingerprint density at radius 1 is 1.42 bits per heavy atom. The summed E-state index contributed by atoms with van der Waals surface area (Å²) in [5.74, 6) is 0. The van der Waals surface area contributed by atoms with Crippen molar-refractivity contribution in [3.05, 3.63) is 41.2 Å². The molecule has 1 aromatic heterocycles. The van der Waals surface area contributed by atoms with E-state index in [1.807, 2.05) is 13.0 Å². The number of pyridine rings is 1. The predicted molar refractivity (Wildman–Crippen MR) is 90.4 cm³/mol. The van der Waals surface area contributed by atoms with Gasteiger partial charge in [-0.1, -0.05) is 23.8 Å². The van der Waals surface area contributed by atoms with E-state index in [1.165, 1.54) is 0 Å². The smallest absolute Gasteiger partial charge is 0.293 e. The monoisotopic (exact) mass is 345 g/mol. The van der Waals surface area contributed by atoms with Gasteiger partial charge in [0.2, 0.25) is 0 Å². The second-order valence-electron chi connectivity index (χ2n) is 6.64. The molecule has 6 heteroatoms. The van der Waals surface area contributed by atoms with Crippen molar-refractivity contribution < 1.29 is 9.53 Å². The number of fused-ring (bicyclic) bond motifs is 2. The van der Waals surface area contributed by atoms with Gasteiger partial charge < -0.3 is 4.74 Å². The van der Waals surface area contributed by atoms with E-state index in [0.717, 1.165) is 5.56 Å². The van der Waals surface area contributed by atoms with E-state index >= 15 is 0 Å². The molecule has 5 nitrogen and oxygen atoms in total. The first kappa shape index (κ1) is 16.9. The number of aromatic nitrogens is 1. The average molecular weight is 346 g/mol. The molecular formula is C18H20ClN3O2. The number of halogens is 1. The van der Waals surface area contributed by atoms with Crippen LogP contribution in [0.25, 0.3) is 0 Å². The van der Waals surface area contributed by atoms with Crippen molar-refractivity contribution in [3.8, 4) is 6.07 Å². The van der Waals surface area contributed by atoms with Gasteiger partial charge in [-0.3, -0.25) is 14.7 Å². The van der Waals surface area contributed by atoms with Gasteiger partial charge in [0.15, 0.2) is 0 Å². The fraction of sp³-hybridized carbons (Fsp3) is 0.500. The van der Waals surface area contributed by atoms with E-state index in [9.17, 15) is 10.1 Å². The van der Waals surface area contributed by atoms with Crippen molar-refractivity contribution in [2.75, 3.05) is 0 Å². The molecule has 0 radical (unpaired) electrons. The van der Waals surface area contributed by atoms with E-state index in [0.29, 0.717) is 24.3 Å². The molecule has 3 rings (SSSR count). The summed E-state index contributed by atoms with van der Waals surface area (Å²) in [6.07, 6.45) is 8.80. The quantitative estimate of drug-likeness (QED) is 0.606. The standard InChI is InChI=1S/C18H20ClN3O2/c1-12(13(2)24-11-23)22-16-3-4-17(22)7-18(6-16,10-20)14-5-15(19)9-21-8-14/h3-5,8-9,11-13,16-17H,6-7H2,1-2H3. The van der Waals surface area contributed by atoms with E-state index in [1.54, 1.807) is 12.4 Å². The van der Waals surface area contributed by atoms with E-state index in [2.05, 4.69) is 35.0 Å². The van der Waals surface area contributed by atoms with Crippen LogP contribution in [0.3, 0.4) is 0 Å². The van der Waals surface area contributed by atoms with Crippen LogP contribution in [0.4, 0.5) is 0 Å². The van der Waals surface area contributed by atoms with E-state index in [4.69, 9.17) is 16.3 Å². The molecule has 4 unspecified atom stereocenters. The van der Waals surface area contributed by atoms with Crippen LogP contribution in [-0.2, 0) is 14.9 Å². The van der Waals surface area contributed by atoms with Gasteiger partial charge >= 0.3 is 0 Å². The van der Waals surface area contributed by atoms with Crippen molar-refractivity contribution in [1.29, 1.82) is 5.26 Å². The zero-order valence-corrected chi connectivity index (χ0v) is 14.5. The summed E-state index contributed by atoms with van der Waals surface area (Å²) in [7, 11) is 0. The molecule has 3 heterocycles. The van der Waals surface area contributed by atoms with Gasteiger partial charge in [0.25, 0.3) is 6.47 Å². The SMILES string of the molecule is CC(OC=O)C(C)N1C2C=CC1CC(C#N)(c1cncc(Cl)c1)C2. The summed E-state index contributed by atoms with van der Waals surface area (Å²) in [6, 6.07) is 4.71. The molecule has 0 spiro atoms. The van der Waals surface area contributed by atoms with E-state index in [-0.39, 0.29) is 24.2 Å². The molecule has 2 bridgehead atoms. The number of piperidine rings is 1. The lowest BCUT2D eigenvalue weighted by Crippen LogP contribution is -2.55. The Labute approximate surface area is 146 Å². The molecule has 0 saturated carbocycles. The summed E-state index contributed by atoms with van der Waals surface area (Å²) < 4.78 is 5.12. The average Bonchev–Trinajstić information content (AvgIpc) is 2.85. The van der Waals surface area contributed by atoms with Gasteiger partial charge in [0.05, 0.1) is 16.5 Å². The molecule has 0 aromatic carbocycles. The Hall–Kier alpha value is -1.90. The summed E-state index contributed by atoms with van der Waals surface area (Å²) in [4.78, 5) is 17.1. The van der Waals surface area contributed by atoms with Gasteiger partial charge in [-0.05, 0) is 38.3 Å². The minimum absolute atomic E-state index is 0.0781. The first-order chi connectivity index (χ1) is 11.5. The lowest BCUT2D eigenvalue weighted by atomic mass is 9.71. The molecule has 1 aromatic rings. The third kappa shape index (κ3) is 2.81. The van der Waals surface area contributed by atoms with Crippen LogP contribution in [0, 0.1) is 11.3 Å². The number of carbonyl (C=O) groups is 1. The van der Waals surface area contributed by atoms with Crippen molar-refractivity contribution in [2.45, 2.75) is 56.3 Å². The minimum Gasteiger partial charge on any atom is -0.463 e. The normalized spacial score (nSPS) is 31.2. The maximum absolute atomic E-state index is 10.6. The number of rotatable bonds is 5. The van der Waals surface area contributed by atoms with Crippen molar-refractivity contribution in [2.24, 2.45) is 0 Å². The summed E-state index contributed by atoms with van der Waals surface area (Å²) in [5.41, 5.74) is 0.280. The Balaban J connectivity index is 1.86. The molecule has 4 atom stereocenters. The van der Waals surface area contributed by atoms with Crippen molar-refractivity contribution in [1.82, 2.24) is 9.88 Å². The van der Waals surface area contributed by atoms with Crippen LogP contribution in [0.2, 0.25) is 5.02 Å². The van der Waals surface area contributed by atoms with Crippen LogP contribution in [0.5, 0.6) is 0 Å². The van der Waals surface area contributed by atoms with Gasteiger partial charge in [-0.25, -0.2) is 0 Å². The van der Waals surface area contributed by atoms with Crippen molar-refractivity contribution >= 4 is 18.1 Å². The highest BCUT2D eigenvalue weighted by Gasteiger charge is 2.49. The molecule has 0 amide bonds. The molecule has 1 saturated heterocycles. The minimum atomic E-state index is -0.596. The third-order valence-electron chi connectivity index (χ3n) is 5.33. The summed E-state index contributed by atoms with van der Waals surface area (Å²) in [5, 5.41) is 10.5. The van der Waals surface area contributed by atoms with Crippen LogP contribution < -0.4 is 0 Å². The molecule has 126 valence electrons. The highest BCUT2D eigenvalue weighted by molar-refractivity contribution is 6.30. The predicted octanol–water partition coefficient (Wildman–Crippen LogP) is 2.85. The summed E-state index contributed by atoms with van der Waals surface area (Å²) >= 11 is 6.08. The molecular weight excluding hydrogens is 326 g/mol. The molecule has 2 aliphatic rings. The largest absolute Gasteiger partial charge is 0.463 e. The number of carbonyl (C=O) groups excluding carboxylic acids is 1. The lowest BCUT2D eigenvalue weighted by molar-refractivity contribution is -0.136. The number of hydrogen-bond donors (Lipinski definition) is 0. The zero-order chi connectivity index (χ0) is 17.3. The highest BCUT2D eigenvalue weighted by atomic mass is 35.5. The van der Waals surface area contributed by atoms with Crippen LogP contribution >= 0.6 is 11.6 Å². The maximum Gasteiger partial charge on any atom is 0.293 e. The van der Waals surface area contributed by atoms with Gasteiger partial charge in [0, 0.05) is 30.5 Å². The van der Waals surface area contributed by atoms with E-state index < -0.39 is 5.41 Å². The second-order valence-corrected chi connectivity index (χ2v) is 7.08. The fourth-order valence-corrected chi connectivity index (χ4v) is 4.13. The Kier molecular flexibility index (Phi) is 4.62. The second kappa shape index (κ2) is 6.54. The Morgan fingerprint density at radius 3 is 2.62 bits per heavy atom. The maximum atomic E-state index is 10.6. The topological polar surface area (TPSA) is 66.2 Å². The fourth-order valence-electron chi connectivity index (χ4n) is 3.96. The molecule has 2 aliphatic heterocycles. The molecule has 0 aliphatic carbocycles. The van der Waals surface area contributed by atoms with Crippen LogP contribution in [-0.4, -0.2) is 40.6 Å². The van der Waals surface area contributed by atoms with Crippen LogP contribution in [0.1, 0.15) is 32.3 Å². The number of ether oxygens (including phenoxy) is 1. The first-order valence-corrected chi connectivity index (χ1v) is 8.45. The number of nitriles is 1. The lowest BCUT2D eigenvalue weighted by Gasteiger charge is -2.47. The van der Waals surface area contributed by atoms with Crippen LogP contribution in [0.15, 0.2) is 30.6 Å². The zero-order valence-electron chi connectivity index (χ0n) is 13.7. The van der Waals surface area contributed by atoms with Gasteiger partial charge in [0.1, 0.15) is 6.10 Å².